The minimum Gasteiger partial charge on any atom is -0.369 e. The molecule has 4 heteroatoms. The molecular weight excluding hydrogens is 258 g/mol. The maximum atomic E-state index is 6.05. The van der Waals surface area contributed by atoms with Gasteiger partial charge in [0.2, 0.25) is 0 Å². The fourth-order valence-corrected chi connectivity index (χ4v) is 2.87. The van der Waals surface area contributed by atoms with Gasteiger partial charge in [-0.05, 0) is 44.5 Å². The van der Waals surface area contributed by atoms with Gasteiger partial charge in [0.25, 0.3) is 0 Å². The smallest absolute Gasteiger partial charge is 0.0426 e. The van der Waals surface area contributed by atoms with Crippen molar-refractivity contribution in [1.82, 2.24) is 4.90 Å². The van der Waals surface area contributed by atoms with Crippen LogP contribution in [-0.4, -0.2) is 43.7 Å². The van der Waals surface area contributed by atoms with Gasteiger partial charge in [0.1, 0.15) is 0 Å². The Labute approximate surface area is 121 Å². The van der Waals surface area contributed by atoms with E-state index in [2.05, 4.69) is 28.9 Å². The highest BCUT2D eigenvalue weighted by Gasteiger charge is 2.20. The van der Waals surface area contributed by atoms with Gasteiger partial charge in [-0.25, -0.2) is 0 Å². The average Bonchev–Trinajstić information content (AvgIpc) is 2.45. The third-order valence-electron chi connectivity index (χ3n) is 3.94. The summed E-state index contributed by atoms with van der Waals surface area (Å²) in [6.45, 7) is 7.51. The van der Waals surface area contributed by atoms with Crippen molar-refractivity contribution in [2.45, 2.75) is 25.8 Å². The summed E-state index contributed by atoms with van der Waals surface area (Å²) in [5.41, 5.74) is 6.82. The Kier molecular flexibility index (Phi) is 5.49. The van der Waals surface area contributed by atoms with Crippen LogP contribution in [0, 0.1) is 0 Å². The summed E-state index contributed by atoms with van der Waals surface area (Å²) in [6.07, 6.45) is 2.32. The van der Waals surface area contributed by atoms with Gasteiger partial charge < -0.3 is 10.6 Å². The van der Waals surface area contributed by atoms with Crippen LogP contribution >= 0.6 is 11.6 Å². The molecule has 0 radical (unpaired) electrons. The predicted octanol–water partition coefficient (Wildman–Crippen LogP) is 2.59. The third-order valence-corrected chi connectivity index (χ3v) is 4.17. The summed E-state index contributed by atoms with van der Waals surface area (Å²) in [5, 5.41) is 0.816. The van der Waals surface area contributed by atoms with E-state index in [1.54, 1.807) is 0 Å². The second kappa shape index (κ2) is 7.13. The van der Waals surface area contributed by atoms with Crippen molar-refractivity contribution in [2.24, 2.45) is 5.73 Å². The molecule has 1 aromatic carbocycles. The molecule has 0 amide bonds. The highest BCUT2D eigenvalue weighted by atomic mass is 35.5. The van der Waals surface area contributed by atoms with Crippen molar-refractivity contribution in [2.75, 3.05) is 37.6 Å². The van der Waals surface area contributed by atoms with E-state index in [1.807, 2.05) is 12.1 Å². The number of benzene rings is 1. The van der Waals surface area contributed by atoms with E-state index in [1.165, 1.54) is 12.1 Å². The van der Waals surface area contributed by atoms with Gasteiger partial charge in [-0.3, -0.25) is 4.90 Å². The molecule has 1 unspecified atom stereocenters. The Morgan fingerprint density at radius 2 is 2.00 bits per heavy atom. The number of anilines is 1. The molecule has 0 spiro atoms. The third kappa shape index (κ3) is 4.10. The average molecular weight is 282 g/mol. The lowest BCUT2D eigenvalue weighted by Crippen LogP contribution is -2.49. The molecular formula is C15H24ClN3. The first-order valence-electron chi connectivity index (χ1n) is 7.15. The van der Waals surface area contributed by atoms with Crippen LogP contribution in [0.1, 0.15) is 19.8 Å². The monoisotopic (exact) mass is 281 g/mol. The Morgan fingerprint density at radius 3 is 2.63 bits per heavy atom. The zero-order chi connectivity index (χ0) is 13.7. The van der Waals surface area contributed by atoms with E-state index in [0.717, 1.165) is 44.2 Å². The van der Waals surface area contributed by atoms with Gasteiger partial charge in [-0.2, -0.15) is 0 Å². The number of hydrogen-bond acceptors (Lipinski definition) is 3. The van der Waals surface area contributed by atoms with Crippen LogP contribution in [0.4, 0.5) is 5.69 Å². The summed E-state index contributed by atoms with van der Waals surface area (Å²) in [4.78, 5) is 4.98. The largest absolute Gasteiger partial charge is 0.369 e. The molecule has 0 saturated carbocycles. The normalized spacial score (nSPS) is 18.6. The molecule has 1 aromatic rings. The summed E-state index contributed by atoms with van der Waals surface area (Å²) in [5.74, 6) is 0. The van der Waals surface area contributed by atoms with Gasteiger partial charge in [0.05, 0.1) is 0 Å². The highest BCUT2D eigenvalue weighted by Crippen LogP contribution is 2.21. The molecule has 1 aliphatic heterocycles. The number of rotatable bonds is 5. The molecule has 1 atom stereocenters. The number of hydrogen-bond donors (Lipinski definition) is 1. The molecule has 0 aromatic heterocycles. The molecule has 2 N–H and O–H groups in total. The Morgan fingerprint density at radius 1 is 1.26 bits per heavy atom. The van der Waals surface area contributed by atoms with Crippen LogP contribution in [0.15, 0.2) is 24.3 Å². The maximum absolute atomic E-state index is 6.05. The van der Waals surface area contributed by atoms with E-state index in [0.29, 0.717) is 6.04 Å². The Bertz CT molecular complexity index is 389. The molecule has 2 rings (SSSR count). The molecule has 1 fully saturated rings. The first-order valence-corrected chi connectivity index (χ1v) is 7.53. The molecule has 1 aliphatic rings. The van der Waals surface area contributed by atoms with Crippen LogP contribution in [-0.2, 0) is 0 Å². The van der Waals surface area contributed by atoms with Crippen LogP contribution in [0.25, 0.3) is 0 Å². The standard InChI is InChI=1S/C15H24ClN3/c1-13(4-3-7-17)18-8-10-19(11-9-18)15-6-2-5-14(16)12-15/h2,5-6,12-13H,3-4,7-11,17H2,1H3. The first-order chi connectivity index (χ1) is 9.20. The molecule has 106 valence electrons. The fourth-order valence-electron chi connectivity index (χ4n) is 2.69. The summed E-state index contributed by atoms with van der Waals surface area (Å²) >= 11 is 6.05. The van der Waals surface area contributed by atoms with E-state index in [9.17, 15) is 0 Å². The molecule has 1 saturated heterocycles. The zero-order valence-corrected chi connectivity index (χ0v) is 12.4. The van der Waals surface area contributed by atoms with Gasteiger partial charge in [-0.1, -0.05) is 17.7 Å². The van der Waals surface area contributed by atoms with Gasteiger partial charge in [-0.15, -0.1) is 0 Å². The number of nitrogens with zero attached hydrogens (tertiary/aromatic N) is 2. The number of nitrogens with two attached hydrogens (primary N) is 1. The van der Waals surface area contributed by atoms with Gasteiger partial charge in [0.15, 0.2) is 0 Å². The summed E-state index contributed by atoms with van der Waals surface area (Å²) < 4.78 is 0. The van der Waals surface area contributed by atoms with E-state index >= 15 is 0 Å². The van der Waals surface area contributed by atoms with E-state index in [-0.39, 0.29) is 0 Å². The lowest BCUT2D eigenvalue weighted by Gasteiger charge is -2.39. The SMILES string of the molecule is CC(CCCN)N1CCN(c2cccc(Cl)c2)CC1. The van der Waals surface area contributed by atoms with Crippen molar-refractivity contribution in [3.05, 3.63) is 29.3 Å². The van der Waals surface area contributed by atoms with Crippen molar-refractivity contribution >= 4 is 17.3 Å². The lowest BCUT2D eigenvalue weighted by molar-refractivity contribution is 0.187. The topological polar surface area (TPSA) is 32.5 Å². The summed E-state index contributed by atoms with van der Waals surface area (Å²) in [6, 6.07) is 8.78. The molecule has 1 heterocycles. The van der Waals surface area contributed by atoms with Crippen LogP contribution in [0.2, 0.25) is 5.02 Å². The quantitative estimate of drug-likeness (QED) is 0.900. The predicted molar refractivity (Wildman–Crippen MR) is 83.0 cm³/mol. The molecule has 3 nitrogen and oxygen atoms in total. The zero-order valence-electron chi connectivity index (χ0n) is 11.7. The Hall–Kier alpha value is -0.770. The lowest BCUT2D eigenvalue weighted by atomic mass is 10.1. The van der Waals surface area contributed by atoms with Gasteiger partial charge >= 0.3 is 0 Å². The van der Waals surface area contributed by atoms with Crippen molar-refractivity contribution in [3.63, 3.8) is 0 Å². The number of halogens is 1. The van der Waals surface area contributed by atoms with Crippen molar-refractivity contribution in [3.8, 4) is 0 Å². The van der Waals surface area contributed by atoms with Gasteiger partial charge in [0, 0.05) is 42.9 Å². The van der Waals surface area contributed by atoms with Crippen molar-refractivity contribution < 1.29 is 0 Å². The van der Waals surface area contributed by atoms with Crippen molar-refractivity contribution in [1.29, 1.82) is 0 Å². The summed E-state index contributed by atoms with van der Waals surface area (Å²) in [7, 11) is 0. The minimum absolute atomic E-state index is 0.644. The number of piperazine rings is 1. The Balaban J connectivity index is 1.85. The molecule has 0 aliphatic carbocycles. The maximum Gasteiger partial charge on any atom is 0.0426 e. The molecule has 19 heavy (non-hydrogen) atoms. The van der Waals surface area contributed by atoms with Crippen LogP contribution in [0.3, 0.4) is 0 Å². The minimum atomic E-state index is 0.644. The first kappa shape index (κ1) is 14.6. The second-order valence-corrected chi connectivity index (χ2v) is 5.72. The molecule has 0 bridgehead atoms. The van der Waals surface area contributed by atoms with E-state index in [4.69, 9.17) is 17.3 Å². The van der Waals surface area contributed by atoms with Crippen LogP contribution < -0.4 is 10.6 Å². The highest BCUT2D eigenvalue weighted by molar-refractivity contribution is 6.30. The van der Waals surface area contributed by atoms with E-state index < -0.39 is 0 Å². The van der Waals surface area contributed by atoms with Crippen LogP contribution in [0.5, 0.6) is 0 Å². The second-order valence-electron chi connectivity index (χ2n) is 5.28. The fraction of sp³-hybridized carbons (Fsp3) is 0.600.